The van der Waals surface area contributed by atoms with E-state index in [2.05, 4.69) is 5.32 Å². The molecule has 12 heteroatoms. The molecule has 4 rings (SSSR count). The minimum absolute atomic E-state index is 0.108. The minimum Gasteiger partial charge on any atom is -0.497 e. The number of carbonyl (C=O) groups excluding carboxylic acids is 2. The van der Waals surface area contributed by atoms with Gasteiger partial charge in [0.25, 0.3) is 10.0 Å². The van der Waals surface area contributed by atoms with Crippen LogP contribution >= 0.6 is 0 Å². The average molecular weight is 598 g/mol. The van der Waals surface area contributed by atoms with Crippen molar-refractivity contribution in [2.24, 2.45) is 0 Å². The minimum atomic E-state index is -4.32. The third-order valence-electron chi connectivity index (χ3n) is 7.01. The Morgan fingerprint density at radius 1 is 0.881 bits per heavy atom. The number of benzene rings is 3. The van der Waals surface area contributed by atoms with Crippen LogP contribution in [0, 0.1) is 0 Å². The highest BCUT2D eigenvalue weighted by Crippen LogP contribution is 2.37. The molecule has 0 bridgehead atoms. The molecule has 0 aromatic heterocycles. The highest BCUT2D eigenvalue weighted by molar-refractivity contribution is 7.92. The number of likely N-dealkylation sites (tertiary alicyclic amines) is 1. The molecule has 0 saturated carbocycles. The highest BCUT2D eigenvalue weighted by atomic mass is 32.2. The topological polar surface area (TPSA) is 124 Å². The molecule has 1 aliphatic rings. The van der Waals surface area contributed by atoms with Gasteiger partial charge in [-0.25, -0.2) is 8.42 Å². The molecule has 3 aromatic rings. The molecule has 1 N–H and O–H groups in total. The first-order valence-corrected chi connectivity index (χ1v) is 14.7. The quantitative estimate of drug-likeness (QED) is 0.318. The zero-order valence-electron chi connectivity index (χ0n) is 24.1. The van der Waals surface area contributed by atoms with Crippen molar-refractivity contribution < 1.29 is 37.0 Å². The van der Waals surface area contributed by atoms with E-state index >= 15 is 0 Å². The lowest BCUT2D eigenvalue weighted by molar-refractivity contribution is -0.128. The Hall–Kier alpha value is -4.45. The summed E-state index contributed by atoms with van der Waals surface area (Å²) >= 11 is 0. The predicted octanol–water partition coefficient (Wildman–Crippen LogP) is 3.36. The number of hydrogen-bond acceptors (Lipinski definition) is 8. The maximum atomic E-state index is 14.1. The SMILES string of the molecule is COc1ccc(OC)c(N(CC(=O)NCc2ccccc2CN2CCCC2=O)S(=O)(=O)c2ccc(OC)c(OC)c2)c1. The van der Waals surface area contributed by atoms with Crippen molar-refractivity contribution in [1.29, 1.82) is 0 Å². The standard InChI is InChI=1S/C30H35N3O8S/c1-38-23-11-13-26(39-2)25(16-23)33(42(36,37)24-12-14-27(40-3)28(17-24)41-4)20-29(34)31-18-21-8-5-6-9-22(21)19-32-15-7-10-30(32)35/h5-6,8-9,11-14,16-17H,7,10,15,18-20H2,1-4H3,(H,31,34). The molecular weight excluding hydrogens is 562 g/mol. The second kappa shape index (κ2) is 13.5. The lowest BCUT2D eigenvalue weighted by Gasteiger charge is -2.26. The van der Waals surface area contributed by atoms with E-state index in [1.165, 1.54) is 52.7 Å². The van der Waals surface area contributed by atoms with Gasteiger partial charge in [0.2, 0.25) is 11.8 Å². The normalized spacial score (nSPS) is 13.0. The van der Waals surface area contributed by atoms with Crippen molar-refractivity contribution >= 4 is 27.5 Å². The lowest BCUT2D eigenvalue weighted by atomic mass is 10.1. The van der Waals surface area contributed by atoms with E-state index in [0.29, 0.717) is 31.0 Å². The van der Waals surface area contributed by atoms with Crippen molar-refractivity contribution in [2.75, 3.05) is 45.8 Å². The van der Waals surface area contributed by atoms with Crippen LogP contribution in [0.2, 0.25) is 0 Å². The largest absolute Gasteiger partial charge is 0.497 e. The van der Waals surface area contributed by atoms with Gasteiger partial charge in [0, 0.05) is 38.2 Å². The van der Waals surface area contributed by atoms with Gasteiger partial charge in [-0.2, -0.15) is 0 Å². The summed E-state index contributed by atoms with van der Waals surface area (Å²) < 4.78 is 50.5. The molecule has 224 valence electrons. The number of anilines is 1. The molecule has 1 aliphatic heterocycles. The number of nitrogens with one attached hydrogen (secondary N) is 1. The number of methoxy groups -OCH3 is 4. The van der Waals surface area contributed by atoms with E-state index in [4.69, 9.17) is 18.9 Å². The Bertz CT molecular complexity index is 1540. The third-order valence-corrected chi connectivity index (χ3v) is 8.77. The maximum Gasteiger partial charge on any atom is 0.265 e. The van der Waals surface area contributed by atoms with Crippen LogP contribution in [0.4, 0.5) is 5.69 Å². The van der Waals surface area contributed by atoms with E-state index in [-0.39, 0.29) is 34.5 Å². The summed E-state index contributed by atoms with van der Waals surface area (Å²) in [5.74, 6) is 0.744. The van der Waals surface area contributed by atoms with Crippen LogP contribution in [0.15, 0.2) is 65.6 Å². The fraction of sp³-hybridized carbons (Fsp3) is 0.333. The van der Waals surface area contributed by atoms with Crippen LogP contribution in [0.3, 0.4) is 0 Å². The van der Waals surface area contributed by atoms with Gasteiger partial charge in [-0.15, -0.1) is 0 Å². The maximum absolute atomic E-state index is 14.1. The van der Waals surface area contributed by atoms with E-state index in [1.807, 2.05) is 24.3 Å². The fourth-order valence-electron chi connectivity index (χ4n) is 4.74. The van der Waals surface area contributed by atoms with Crippen LogP contribution < -0.4 is 28.6 Å². The molecule has 11 nitrogen and oxygen atoms in total. The van der Waals surface area contributed by atoms with Gasteiger partial charge in [0.1, 0.15) is 18.0 Å². The summed E-state index contributed by atoms with van der Waals surface area (Å²) in [5.41, 5.74) is 1.87. The van der Waals surface area contributed by atoms with Gasteiger partial charge in [-0.3, -0.25) is 13.9 Å². The molecule has 0 aliphatic carbocycles. The van der Waals surface area contributed by atoms with Crippen LogP contribution in [0.25, 0.3) is 0 Å². The first-order chi connectivity index (χ1) is 20.2. The summed E-state index contributed by atoms with van der Waals surface area (Å²) in [6, 6.07) is 16.4. The molecule has 42 heavy (non-hydrogen) atoms. The molecular formula is C30H35N3O8S. The molecule has 3 aromatic carbocycles. The van der Waals surface area contributed by atoms with Crippen LogP contribution in [-0.2, 0) is 32.7 Å². The van der Waals surface area contributed by atoms with Gasteiger partial charge in [-0.1, -0.05) is 24.3 Å². The summed E-state index contributed by atoms with van der Waals surface area (Å²) in [4.78, 5) is 27.2. The molecule has 1 saturated heterocycles. The van der Waals surface area contributed by atoms with E-state index in [9.17, 15) is 18.0 Å². The summed E-state index contributed by atoms with van der Waals surface area (Å²) in [6.07, 6.45) is 1.37. The zero-order valence-corrected chi connectivity index (χ0v) is 24.9. The summed E-state index contributed by atoms with van der Waals surface area (Å²) in [7, 11) is 1.40. The lowest BCUT2D eigenvalue weighted by Crippen LogP contribution is -2.41. The number of amides is 2. The number of sulfonamides is 1. The molecule has 0 atom stereocenters. The Morgan fingerprint density at radius 2 is 1.57 bits per heavy atom. The molecule has 0 spiro atoms. The molecule has 0 radical (unpaired) electrons. The smallest absolute Gasteiger partial charge is 0.265 e. The zero-order chi connectivity index (χ0) is 30.3. The van der Waals surface area contributed by atoms with Crippen molar-refractivity contribution in [2.45, 2.75) is 30.8 Å². The molecule has 2 amide bonds. The third kappa shape index (κ3) is 6.71. The summed E-state index contributed by atoms with van der Waals surface area (Å²) in [5, 5.41) is 2.84. The van der Waals surface area contributed by atoms with Crippen molar-refractivity contribution in [3.8, 4) is 23.0 Å². The number of nitrogens with zero attached hydrogens (tertiary/aromatic N) is 2. The second-order valence-electron chi connectivity index (χ2n) is 9.53. The first kappa shape index (κ1) is 30.5. The van der Waals surface area contributed by atoms with Crippen molar-refractivity contribution in [3.05, 3.63) is 71.8 Å². The summed E-state index contributed by atoms with van der Waals surface area (Å²) in [6.45, 7) is 0.750. The van der Waals surface area contributed by atoms with Crippen molar-refractivity contribution in [3.63, 3.8) is 0 Å². The van der Waals surface area contributed by atoms with Crippen LogP contribution in [0.5, 0.6) is 23.0 Å². The Morgan fingerprint density at radius 3 is 2.21 bits per heavy atom. The molecule has 1 fully saturated rings. The second-order valence-corrected chi connectivity index (χ2v) is 11.4. The van der Waals surface area contributed by atoms with Gasteiger partial charge in [0.15, 0.2) is 11.5 Å². The van der Waals surface area contributed by atoms with Crippen molar-refractivity contribution in [1.82, 2.24) is 10.2 Å². The van der Waals surface area contributed by atoms with Gasteiger partial charge >= 0.3 is 0 Å². The predicted molar refractivity (Wildman–Crippen MR) is 157 cm³/mol. The van der Waals surface area contributed by atoms with E-state index in [1.54, 1.807) is 17.0 Å². The van der Waals surface area contributed by atoms with Gasteiger partial charge in [-0.05, 0) is 41.8 Å². The van der Waals surface area contributed by atoms with Gasteiger partial charge < -0.3 is 29.2 Å². The monoisotopic (exact) mass is 597 g/mol. The number of hydrogen-bond donors (Lipinski definition) is 1. The highest BCUT2D eigenvalue weighted by Gasteiger charge is 2.31. The fourth-order valence-corrected chi connectivity index (χ4v) is 6.18. The van der Waals surface area contributed by atoms with E-state index < -0.39 is 22.5 Å². The Balaban J connectivity index is 1.64. The van der Waals surface area contributed by atoms with Crippen LogP contribution in [0.1, 0.15) is 24.0 Å². The Kier molecular flexibility index (Phi) is 9.79. The average Bonchev–Trinajstić information content (AvgIpc) is 3.42. The number of rotatable bonds is 13. The number of ether oxygens (including phenoxy) is 4. The van der Waals surface area contributed by atoms with Gasteiger partial charge in [0.05, 0.1) is 39.0 Å². The van der Waals surface area contributed by atoms with E-state index in [0.717, 1.165) is 21.9 Å². The molecule has 1 heterocycles. The number of carbonyl (C=O) groups is 2. The molecule has 0 unspecified atom stereocenters. The Labute approximate surface area is 246 Å². The van der Waals surface area contributed by atoms with Crippen LogP contribution in [-0.4, -0.2) is 66.7 Å². The first-order valence-electron chi connectivity index (χ1n) is 13.3.